The van der Waals surface area contributed by atoms with Crippen LogP contribution in [-0.2, 0) is 16.0 Å². The van der Waals surface area contributed by atoms with Crippen molar-refractivity contribution in [1.82, 2.24) is 4.90 Å². The van der Waals surface area contributed by atoms with Crippen molar-refractivity contribution in [2.75, 3.05) is 12.3 Å². The van der Waals surface area contributed by atoms with Gasteiger partial charge in [0, 0.05) is 11.8 Å². The lowest BCUT2D eigenvalue weighted by atomic mass is 9.95. The fourth-order valence-electron chi connectivity index (χ4n) is 5.62. The molecule has 2 aliphatic rings. The smallest absolute Gasteiger partial charge is 0.310 e. The predicted molar refractivity (Wildman–Crippen MR) is 156 cm³/mol. The molecule has 2 amide bonds. The molecule has 1 aliphatic heterocycles. The number of carbonyl (C=O) groups excluding carboxylic acids is 3. The van der Waals surface area contributed by atoms with Crippen molar-refractivity contribution in [3.05, 3.63) is 95.3 Å². The Bertz CT molecular complexity index is 1360. The summed E-state index contributed by atoms with van der Waals surface area (Å²) in [6.45, 7) is 5.79. The average molecular weight is 560 g/mol. The van der Waals surface area contributed by atoms with Gasteiger partial charge in [-0.25, -0.2) is 4.39 Å². The molecule has 0 unspecified atom stereocenters. The number of thioether (sulfide) groups is 1. The van der Waals surface area contributed by atoms with E-state index < -0.39 is 11.5 Å². The first-order valence-corrected chi connectivity index (χ1v) is 14.8. The first-order chi connectivity index (χ1) is 19.1. The van der Waals surface area contributed by atoms with Crippen molar-refractivity contribution < 1.29 is 23.5 Å². The number of nitrogens with zero attached hydrogens (tertiary/aromatic N) is 1. The van der Waals surface area contributed by atoms with E-state index in [1.807, 2.05) is 32.9 Å². The largest absolute Gasteiger partial charge is 0.460 e. The number of imide groups is 1. The summed E-state index contributed by atoms with van der Waals surface area (Å²) in [7, 11) is 0. The number of halogens is 1. The molecular formula is C33H34FNO4S. The Kier molecular flexibility index (Phi) is 8.13. The summed E-state index contributed by atoms with van der Waals surface area (Å²) in [6, 6.07) is 21.6. The highest BCUT2D eigenvalue weighted by molar-refractivity contribution is 7.99. The minimum Gasteiger partial charge on any atom is -0.460 e. The van der Waals surface area contributed by atoms with E-state index in [1.54, 1.807) is 48.2 Å². The van der Waals surface area contributed by atoms with Crippen molar-refractivity contribution in [2.24, 2.45) is 11.8 Å². The Balaban J connectivity index is 1.24. The van der Waals surface area contributed by atoms with Gasteiger partial charge in [0.1, 0.15) is 11.4 Å². The number of hydrogen-bond acceptors (Lipinski definition) is 5. The van der Waals surface area contributed by atoms with Gasteiger partial charge in [0.15, 0.2) is 0 Å². The van der Waals surface area contributed by atoms with Crippen molar-refractivity contribution in [3.8, 4) is 11.1 Å². The van der Waals surface area contributed by atoms with Gasteiger partial charge in [0.05, 0.1) is 17.0 Å². The quantitative estimate of drug-likeness (QED) is 0.224. The summed E-state index contributed by atoms with van der Waals surface area (Å²) >= 11 is 1.76. The van der Waals surface area contributed by atoms with Crippen molar-refractivity contribution in [3.63, 3.8) is 0 Å². The fraction of sp³-hybridized carbons (Fsp3) is 0.364. The highest BCUT2D eigenvalue weighted by Gasteiger charge is 2.46. The van der Waals surface area contributed by atoms with Crippen molar-refractivity contribution in [2.45, 2.75) is 50.9 Å². The molecule has 3 aromatic rings. The lowest BCUT2D eigenvalue weighted by molar-refractivity contribution is -0.161. The third kappa shape index (κ3) is 6.15. The maximum atomic E-state index is 13.4. The van der Waals surface area contributed by atoms with Crippen LogP contribution in [0.15, 0.2) is 72.8 Å². The molecule has 0 radical (unpaired) electrons. The van der Waals surface area contributed by atoms with Crippen molar-refractivity contribution in [1.29, 1.82) is 0 Å². The molecule has 1 aliphatic carbocycles. The van der Waals surface area contributed by atoms with Gasteiger partial charge in [-0.1, -0.05) is 48.5 Å². The third-order valence-corrected chi connectivity index (χ3v) is 8.96. The Labute approximate surface area is 239 Å². The zero-order valence-corrected chi connectivity index (χ0v) is 23.9. The minimum absolute atomic E-state index is 0.0496. The van der Waals surface area contributed by atoms with Gasteiger partial charge in [-0.05, 0) is 92.7 Å². The van der Waals surface area contributed by atoms with Crippen LogP contribution in [0, 0.1) is 17.7 Å². The Hall–Kier alpha value is -3.45. The summed E-state index contributed by atoms with van der Waals surface area (Å²) < 4.78 is 19.1. The predicted octanol–water partition coefficient (Wildman–Crippen LogP) is 6.80. The highest BCUT2D eigenvalue weighted by Crippen LogP contribution is 2.42. The Morgan fingerprint density at radius 1 is 0.900 bits per heavy atom. The summed E-state index contributed by atoms with van der Waals surface area (Å²) in [5.41, 5.74) is 3.42. The van der Waals surface area contributed by atoms with Crippen LogP contribution in [0.3, 0.4) is 0 Å². The fourth-order valence-corrected chi connectivity index (χ4v) is 7.12. The maximum absolute atomic E-state index is 13.4. The van der Waals surface area contributed by atoms with Gasteiger partial charge in [-0.3, -0.25) is 19.3 Å². The first-order valence-electron chi connectivity index (χ1n) is 13.8. The van der Waals surface area contributed by atoms with E-state index in [9.17, 15) is 18.8 Å². The van der Waals surface area contributed by atoms with E-state index in [2.05, 4.69) is 12.1 Å². The molecule has 0 saturated heterocycles. The summed E-state index contributed by atoms with van der Waals surface area (Å²) in [6.07, 6.45) is 2.42. The topological polar surface area (TPSA) is 63.7 Å². The van der Waals surface area contributed by atoms with E-state index in [-0.39, 0.29) is 41.3 Å². The monoisotopic (exact) mass is 559 g/mol. The molecular weight excluding hydrogens is 525 g/mol. The number of amides is 2. The molecule has 7 heteroatoms. The van der Waals surface area contributed by atoms with E-state index in [0.717, 1.165) is 36.1 Å². The highest BCUT2D eigenvalue weighted by atomic mass is 32.2. The summed E-state index contributed by atoms with van der Waals surface area (Å²) in [5, 5.41) is 0.0496. The van der Waals surface area contributed by atoms with E-state index in [1.165, 1.54) is 22.6 Å². The molecule has 208 valence electrons. The van der Waals surface area contributed by atoms with Crippen LogP contribution < -0.4 is 0 Å². The second kappa shape index (κ2) is 11.6. The second-order valence-corrected chi connectivity index (χ2v) is 12.9. The standard InChI is InChI=1S/C33H34FNO4S/c1-33(2,3)39-32(38)29-24(20-35-30(36)26-6-4-5-7-27(26)31(35)37)14-17-28(29)40-19-18-21-8-10-22(11-9-21)23-12-15-25(34)16-13-23/h4-13,15-16,24,28-29H,14,17-20H2,1-3H3/t24-,28-,29-/m0/s1. The van der Waals surface area contributed by atoms with Crippen molar-refractivity contribution >= 4 is 29.5 Å². The van der Waals surface area contributed by atoms with Crippen LogP contribution in [0.25, 0.3) is 11.1 Å². The Morgan fingerprint density at radius 2 is 1.48 bits per heavy atom. The van der Waals surface area contributed by atoms with Crippen LogP contribution in [0.4, 0.5) is 4.39 Å². The van der Waals surface area contributed by atoms with Gasteiger partial charge in [0.25, 0.3) is 11.8 Å². The molecule has 1 heterocycles. The normalized spacial score (nSPS) is 20.6. The molecule has 3 aromatic carbocycles. The molecule has 0 aromatic heterocycles. The maximum Gasteiger partial charge on any atom is 0.310 e. The second-order valence-electron chi connectivity index (χ2n) is 11.5. The molecule has 1 saturated carbocycles. The van der Waals surface area contributed by atoms with Gasteiger partial charge in [0.2, 0.25) is 0 Å². The number of benzene rings is 3. The minimum atomic E-state index is -0.624. The number of ether oxygens (including phenoxy) is 1. The number of hydrogen-bond donors (Lipinski definition) is 0. The molecule has 5 nitrogen and oxygen atoms in total. The zero-order valence-electron chi connectivity index (χ0n) is 23.1. The zero-order chi connectivity index (χ0) is 28.4. The number of aryl methyl sites for hydroxylation is 1. The molecule has 5 rings (SSSR count). The summed E-state index contributed by atoms with van der Waals surface area (Å²) in [4.78, 5) is 40.7. The third-order valence-electron chi connectivity index (χ3n) is 7.56. The Morgan fingerprint density at radius 3 is 2.05 bits per heavy atom. The van der Waals surface area contributed by atoms with Crippen LogP contribution in [0.1, 0.15) is 59.9 Å². The van der Waals surface area contributed by atoms with Crippen LogP contribution >= 0.6 is 11.8 Å². The lowest BCUT2D eigenvalue weighted by Crippen LogP contribution is -2.40. The SMILES string of the molecule is CC(C)(C)OC(=O)[C@H]1[C@H](CN2C(=O)c3ccccc3C2=O)CC[C@@H]1SCCc1ccc(-c2ccc(F)cc2)cc1. The van der Waals surface area contributed by atoms with Crippen LogP contribution in [0.5, 0.6) is 0 Å². The molecule has 40 heavy (non-hydrogen) atoms. The molecule has 0 spiro atoms. The molecule has 0 N–H and O–H groups in total. The van der Waals surface area contributed by atoms with Gasteiger partial charge in [-0.2, -0.15) is 11.8 Å². The van der Waals surface area contributed by atoms with E-state index in [4.69, 9.17) is 4.74 Å². The number of esters is 1. The van der Waals surface area contributed by atoms with Gasteiger partial charge in [-0.15, -0.1) is 0 Å². The first kappa shape index (κ1) is 28.1. The van der Waals surface area contributed by atoms with Gasteiger partial charge < -0.3 is 4.74 Å². The number of carbonyl (C=O) groups is 3. The lowest BCUT2D eigenvalue weighted by Gasteiger charge is -2.29. The van der Waals surface area contributed by atoms with Crippen LogP contribution in [0.2, 0.25) is 0 Å². The summed E-state index contributed by atoms with van der Waals surface area (Å²) in [5.74, 6) is -0.793. The number of rotatable bonds is 8. The van der Waals surface area contributed by atoms with Gasteiger partial charge >= 0.3 is 5.97 Å². The van der Waals surface area contributed by atoms with E-state index >= 15 is 0 Å². The van der Waals surface area contributed by atoms with Crippen LogP contribution in [-0.4, -0.2) is 45.8 Å². The molecule has 0 bridgehead atoms. The van der Waals surface area contributed by atoms with E-state index in [0.29, 0.717) is 11.1 Å². The molecule has 3 atom stereocenters. The number of fused-ring (bicyclic) bond motifs is 1. The average Bonchev–Trinajstić information content (AvgIpc) is 3.43. The molecule has 1 fully saturated rings.